The number of rotatable bonds is 7. The first kappa shape index (κ1) is 20.8. The second-order valence-electron chi connectivity index (χ2n) is 4.80. The Labute approximate surface area is 151 Å². The number of primary sulfonamides is 1. The summed E-state index contributed by atoms with van der Waals surface area (Å²) in [5.41, 5.74) is 6.44. The van der Waals surface area contributed by atoms with Crippen LogP contribution in [-0.4, -0.2) is 36.6 Å². The quantitative estimate of drug-likeness (QED) is 0.612. The molecule has 1 aromatic heterocycles. The van der Waals surface area contributed by atoms with E-state index in [9.17, 15) is 13.2 Å². The molecule has 0 saturated carbocycles. The number of hydrogen-bond acceptors (Lipinski definition) is 7. The fourth-order valence-corrected chi connectivity index (χ4v) is 2.16. The summed E-state index contributed by atoms with van der Waals surface area (Å²) in [6, 6.07) is 7.97. The summed E-state index contributed by atoms with van der Waals surface area (Å²) in [5.74, 6) is -0.0694. The molecule has 0 aliphatic carbocycles. The molecule has 11 heteroatoms. The molecule has 1 aromatic carbocycles. The summed E-state index contributed by atoms with van der Waals surface area (Å²) < 4.78 is 27.3. The lowest BCUT2D eigenvalue weighted by Gasteiger charge is -2.08. The van der Waals surface area contributed by atoms with Crippen LogP contribution >= 0.6 is 12.4 Å². The molecule has 0 aliphatic rings. The minimum Gasteiger partial charge on any atom is -0.439 e. The standard InChI is InChI=1S/C14H17N5O4S.ClH/c15-8-11-7-13(19-9-18-11)23-12-3-1-2-10(6-12)14(20)17-4-5-24(16,21)22;/h1-3,6-7,9H,4-5,8,15H2,(H,17,20)(H2,16,21,22);1H. The van der Waals surface area contributed by atoms with E-state index in [4.69, 9.17) is 15.6 Å². The number of carbonyl (C=O) groups excluding carboxylic acids is 1. The van der Waals surface area contributed by atoms with E-state index in [0.29, 0.717) is 22.9 Å². The molecule has 0 radical (unpaired) electrons. The number of halogens is 1. The van der Waals surface area contributed by atoms with E-state index >= 15 is 0 Å². The molecule has 0 saturated heterocycles. The Hall–Kier alpha value is -2.27. The van der Waals surface area contributed by atoms with E-state index in [2.05, 4.69) is 15.3 Å². The molecule has 0 unspecified atom stereocenters. The highest BCUT2D eigenvalue weighted by atomic mass is 35.5. The molecule has 0 spiro atoms. The molecule has 1 amide bonds. The van der Waals surface area contributed by atoms with E-state index in [-0.39, 0.29) is 31.2 Å². The lowest BCUT2D eigenvalue weighted by Crippen LogP contribution is -2.31. The van der Waals surface area contributed by atoms with Crippen LogP contribution in [0.5, 0.6) is 11.6 Å². The highest BCUT2D eigenvalue weighted by Gasteiger charge is 2.09. The third-order valence-corrected chi connectivity index (χ3v) is 3.67. The van der Waals surface area contributed by atoms with Gasteiger partial charge in [-0.1, -0.05) is 6.07 Å². The second kappa shape index (κ2) is 9.28. The second-order valence-corrected chi connectivity index (χ2v) is 6.54. The number of carbonyl (C=O) groups is 1. The monoisotopic (exact) mass is 387 g/mol. The third-order valence-electron chi connectivity index (χ3n) is 2.90. The van der Waals surface area contributed by atoms with Gasteiger partial charge in [0.1, 0.15) is 12.1 Å². The van der Waals surface area contributed by atoms with Gasteiger partial charge in [0.15, 0.2) is 0 Å². The molecule has 2 rings (SSSR count). The van der Waals surface area contributed by atoms with Crippen LogP contribution in [-0.2, 0) is 16.6 Å². The van der Waals surface area contributed by atoms with Crippen LogP contribution in [0.15, 0.2) is 36.7 Å². The molecule has 0 atom stereocenters. The van der Waals surface area contributed by atoms with Gasteiger partial charge in [-0.05, 0) is 18.2 Å². The lowest BCUT2D eigenvalue weighted by molar-refractivity contribution is 0.0956. The summed E-state index contributed by atoms with van der Waals surface area (Å²) >= 11 is 0. The molecular formula is C14H18ClN5O4S. The Morgan fingerprint density at radius 3 is 2.68 bits per heavy atom. The van der Waals surface area contributed by atoms with E-state index in [1.807, 2.05) is 0 Å². The van der Waals surface area contributed by atoms with Crippen molar-refractivity contribution in [3.05, 3.63) is 47.9 Å². The number of benzene rings is 1. The maximum absolute atomic E-state index is 12.0. The zero-order valence-corrected chi connectivity index (χ0v) is 14.7. The predicted molar refractivity (Wildman–Crippen MR) is 94.0 cm³/mol. The van der Waals surface area contributed by atoms with Crippen molar-refractivity contribution < 1.29 is 17.9 Å². The Morgan fingerprint density at radius 2 is 2.00 bits per heavy atom. The van der Waals surface area contributed by atoms with E-state index in [1.54, 1.807) is 24.3 Å². The van der Waals surface area contributed by atoms with Crippen molar-refractivity contribution in [3.63, 3.8) is 0 Å². The van der Waals surface area contributed by atoms with Gasteiger partial charge in [0, 0.05) is 24.7 Å². The third kappa shape index (κ3) is 7.01. The Morgan fingerprint density at radius 1 is 1.24 bits per heavy atom. The first-order valence-electron chi connectivity index (χ1n) is 6.95. The number of hydrogen-bond donors (Lipinski definition) is 3. The minimum atomic E-state index is -3.62. The average molecular weight is 388 g/mol. The van der Waals surface area contributed by atoms with Crippen molar-refractivity contribution in [2.75, 3.05) is 12.3 Å². The number of nitrogens with zero attached hydrogens (tertiary/aromatic N) is 2. The molecule has 2 aromatic rings. The maximum atomic E-state index is 12.0. The van der Waals surface area contributed by atoms with Gasteiger partial charge in [-0.15, -0.1) is 12.4 Å². The van der Waals surface area contributed by atoms with Gasteiger partial charge in [0.2, 0.25) is 15.9 Å². The van der Waals surface area contributed by atoms with Crippen molar-refractivity contribution in [1.82, 2.24) is 15.3 Å². The summed E-state index contributed by atoms with van der Waals surface area (Å²) in [5, 5.41) is 7.34. The van der Waals surface area contributed by atoms with Gasteiger partial charge in [0.05, 0.1) is 11.4 Å². The minimum absolute atomic E-state index is 0. The highest BCUT2D eigenvalue weighted by Crippen LogP contribution is 2.20. The van der Waals surface area contributed by atoms with Crippen LogP contribution in [0.2, 0.25) is 0 Å². The Kier molecular flexibility index (Phi) is 7.71. The van der Waals surface area contributed by atoms with Crippen LogP contribution in [0.3, 0.4) is 0 Å². The van der Waals surface area contributed by atoms with Crippen LogP contribution in [0.4, 0.5) is 0 Å². The number of amides is 1. The van der Waals surface area contributed by atoms with Crippen molar-refractivity contribution in [2.45, 2.75) is 6.54 Å². The summed E-state index contributed by atoms with van der Waals surface area (Å²) in [6.45, 7) is 0.180. The summed E-state index contributed by atoms with van der Waals surface area (Å²) in [6.07, 6.45) is 1.33. The van der Waals surface area contributed by atoms with Crippen molar-refractivity contribution in [3.8, 4) is 11.6 Å². The first-order valence-corrected chi connectivity index (χ1v) is 8.66. The van der Waals surface area contributed by atoms with Gasteiger partial charge < -0.3 is 15.8 Å². The van der Waals surface area contributed by atoms with Gasteiger partial charge in [0.25, 0.3) is 5.91 Å². The average Bonchev–Trinajstić information content (AvgIpc) is 2.54. The number of aromatic nitrogens is 2. The van der Waals surface area contributed by atoms with Gasteiger partial charge in [-0.25, -0.2) is 23.5 Å². The molecule has 0 fully saturated rings. The van der Waals surface area contributed by atoms with Crippen molar-refractivity contribution >= 4 is 28.3 Å². The van der Waals surface area contributed by atoms with E-state index < -0.39 is 15.9 Å². The number of nitrogens with two attached hydrogens (primary N) is 2. The Balaban J connectivity index is 0.00000312. The normalized spacial score (nSPS) is 10.6. The highest BCUT2D eigenvalue weighted by molar-refractivity contribution is 7.89. The summed E-state index contributed by atoms with van der Waals surface area (Å²) in [4.78, 5) is 19.9. The predicted octanol–water partition coefficient (Wildman–Crippen LogP) is 0.168. The zero-order chi connectivity index (χ0) is 17.6. The fraction of sp³-hybridized carbons (Fsp3) is 0.214. The molecular weight excluding hydrogens is 370 g/mol. The smallest absolute Gasteiger partial charge is 0.251 e. The van der Waals surface area contributed by atoms with E-state index in [0.717, 1.165) is 0 Å². The van der Waals surface area contributed by atoms with Gasteiger partial charge in [-0.3, -0.25) is 4.79 Å². The number of sulfonamides is 1. The van der Waals surface area contributed by atoms with Crippen LogP contribution in [0, 0.1) is 0 Å². The molecule has 0 aliphatic heterocycles. The van der Waals surface area contributed by atoms with Crippen LogP contribution in [0.1, 0.15) is 16.1 Å². The number of ether oxygens (including phenoxy) is 1. The van der Waals surface area contributed by atoms with Crippen molar-refractivity contribution in [2.24, 2.45) is 10.9 Å². The molecule has 1 heterocycles. The number of nitrogens with one attached hydrogen (secondary N) is 1. The fourth-order valence-electron chi connectivity index (χ4n) is 1.77. The molecule has 136 valence electrons. The van der Waals surface area contributed by atoms with Gasteiger partial charge >= 0.3 is 0 Å². The zero-order valence-electron chi connectivity index (χ0n) is 13.1. The Bertz CT molecular complexity index is 831. The molecule has 5 N–H and O–H groups in total. The maximum Gasteiger partial charge on any atom is 0.251 e. The summed E-state index contributed by atoms with van der Waals surface area (Å²) in [7, 11) is -3.62. The SMILES string of the molecule is Cl.NCc1cc(Oc2cccc(C(=O)NCCS(N)(=O)=O)c2)ncn1. The van der Waals surface area contributed by atoms with Gasteiger partial charge in [-0.2, -0.15) is 0 Å². The molecule has 9 nitrogen and oxygen atoms in total. The molecule has 0 bridgehead atoms. The van der Waals surface area contributed by atoms with Crippen molar-refractivity contribution in [1.29, 1.82) is 0 Å². The topological polar surface area (TPSA) is 150 Å². The van der Waals surface area contributed by atoms with Crippen LogP contribution < -0.4 is 20.9 Å². The van der Waals surface area contributed by atoms with E-state index in [1.165, 1.54) is 12.4 Å². The largest absolute Gasteiger partial charge is 0.439 e. The van der Waals surface area contributed by atoms with Crippen LogP contribution in [0.25, 0.3) is 0 Å². The lowest BCUT2D eigenvalue weighted by atomic mass is 10.2. The molecule has 25 heavy (non-hydrogen) atoms. The first-order chi connectivity index (χ1) is 11.4.